The standard InChI is InChI=1S/C24H33ClN4O2/c1-15-8-9-16(12-18(15)25)22-27-21(19-14-28(6)10-7-11-29(19)22)20(30)13-17(23(31)26-5)24(2,3)4/h8-9,12,17H,7,10-11,13-14H2,1-6H3,(H,26,31)/t17-/m1/s1. The Morgan fingerprint density at radius 2 is 1.97 bits per heavy atom. The summed E-state index contributed by atoms with van der Waals surface area (Å²) >= 11 is 6.38. The van der Waals surface area contributed by atoms with E-state index in [0.29, 0.717) is 17.3 Å². The molecule has 7 heteroatoms. The zero-order valence-electron chi connectivity index (χ0n) is 19.4. The van der Waals surface area contributed by atoms with Gasteiger partial charge < -0.3 is 14.8 Å². The number of ketones is 1. The lowest BCUT2D eigenvalue weighted by molar-refractivity contribution is -0.127. The number of carbonyl (C=O) groups is 2. The Labute approximate surface area is 190 Å². The Balaban J connectivity index is 2.07. The predicted octanol–water partition coefficient (Wildman–Crippen LogP) is 4.33. The molecule has 31 heavy (non-hydrogen) atoms. The van der Waals surface area contributed by atoms with Gasteiger partial charge in [0.25, 0.3) is 0 Å². The Morgan fingerprint density at radius 3 is 2.58 bits per heavy atom. The normalized spacial score (nSPS) is 15.8. The van der Waals surface area contributed by atoms with Crippen LogP contribution in [0.25, 0.3) is 11.4 Å². The lowest BCUT2D eigenvalue weighted by Gasteiger charge is -2.28. The van der Waals surface area contributed by atoms with Crippen LogP contribution in [0.15, 0.2) is 18.2 Å². The number of benzene rings is 1. The molecule has 6 nitrogen and oxygen atoms in total. The molecule has 2 aromatic rings. The van der Waals surface area contributed by atoms with Gasteiger partial charge in [0.05, 0.1) is 11.6 Å². The average molecular weight is 445 g/mol. The molecule has 1 aromatic carbocycles. The van der Waals surface area contributed by atoms with E-state index in [0.717, 1.165) is 42.2 Å². The van der Waals surface area contributed by atoms with Crippen LogP contribution >= 0.6 is 11.6 Å². The van der Waals surface area contributed by atoms with Crippen molar-refractivity contribution >= 4 is 23.3 Å². The molecule has 3 rings (SSSR count). The minimum Gasteiger partial charge on any atom is -0.359 e. The summed E-state index contributed by atoms with van der Waals surface area (Å²) in [6, 6.07) is 5.89. The number of aryl methyl sites for hydroxylation is 1. The third kappa shape index (κ3) is 5.01. The molecule has 0 radical (unpaired) electrons. The Hall–Kier alpha value is -2.18. The molecule has 0 saturated carbocycles. The van der Waals surface area contributed by atoms with Crippen LogP contribution in [-0.4, -0.2) is 46.8 Å². The minimum atomic E-state index is -0.428. The fourth-order valence-corrected chi connectivity index (χ4v) is 4.33. The minimum absolute atomic E-state index is 0.0907. The molecule has 0 unspecified atom stereocenters. The monoisotopic (exact) mass is 444 g/mol. The van der Waals surface area contributed by atoms with Gasteiger partial charge in [0, 0.05) is 37.1 Å². The van der Waals surface area contributed by atoms with Crippen LogP contribution in [0, 0.1) is 18.3 Å². The third-order valence-corrected chi connectivity index (χ3v) is 6.51. The summed E-state index contributed by atoms with van der Waals surface area (Å²) in [5.74, 6) is 0.131. The molecule has 1 aliphatic heterocycles. The molecule has 0 spiro atoms. The number of fused-ring (bicyclic) bond motifs is 1. The van der Waals surface area contributed by atoms with Gasteiger partial charge in [-0.25, -0.2) is 4.98 Å². The highest BCUT2D eigenvalue weighted by Crippen LogP contribution is 2.33. The van der Waals surface area contributed by atoms with Gasteiger partial charge >= 0.3 is 0 Å². The smallest absolute Gasteiger partial charge is 0.223 e. The summed E-state index contributed by atoms with van der Waals surface area (Å²) in [7, 11) is 3.67. The molecule has 1 N–H and O–H groups in total. The summed E-state index contributed by atoms with van der Waals surface area (Å²) < 4.78 is 2.16. The van der Waals surface area contributed by atoms with Crippen LogP contribution in [0.4, 0.5) is 0 Å². The number of amides is 1. The van der Waals surface area contributed by atoms with Gasteiger partial charge in [-0.1, -0.05) is 44.5 Å². The fraction of sp³-hybridized carbons (Fsp3) is 0.542. The van der Waals surface area contributed by atoms with Crippen LogP contribution in [0.1, 0.15) is 55.4 Å². The Bertz CT molecular complexity index is 990. The molecule has 1 aromatic heterocycles. The first-order chi connectivity index (χ1) is 14.5. The van der Waals surface area contributed by atoms with E-state index in [4.69, 9.17) is 16.6 Å². The van der Waals surface area contributed by atoms with Gasteiger partial charge in [0.1, 0.15) is 11.5 Å². The Kier molecular flexibility index (Phi) is 6.92. The van der Waals surface area contributed by atoms with Crippen LogP contribution in [0.2, 0.25) is 5.02 Å². The average Bonchev–Trinajstić information content (AvgIpc) is 2.93. The van der Waals surface area contributed by atoms with Crippen LogP contribution < -0.4 is 5.32 Å². The maximum atomic E-state index is 13.5. The molecule has 0 aliphatic carbocycles. The number of carbonyl (C=O) groups excluding carboxylic acids is 2. The van der Waals surface area contributed by atoms with E-state index in [9.17, 15) is 9.59 Å². The quantitative estimate of drug-likeness (QED) is 0.697. The molecule has 0 fully saturated rings. The first-order valence-electron chi connectivity index (χ1n) is 10.8. The van der Waals surface area contributed by atoms with Crippen molar-refractivity contribution < 1.29 is 9.59 Å². The van der Waals surface area contributed by atoms with E-state index in [1.54, 1.807) is 7.05 Å². The van der Waals surface area contributed by atoms with Gasteiger partial charge in [-0.3, -0.25) is 9.59 Å². The molecular formula is C24H33ClN4O2. The summed E-state index contributed by atoms with van der Waals surface area (Å²) in [4.78, 5) is 33.0. The van der Waals surface area contributed by atoms with E-state index < -0.39 is 5.92 Å². The largest absolute Gasteiger partial charge is 0.359 e. The van der Waals surface area contributed by atoms with Gasteiger partial charge in [0.2, 0.25) is 5.91 Å². The highest BCUT2D eigenvalue weighted by atomic mass is 35.5. The Morgan fingerprint density at radius 1 is 1.26 bits per heavy atom. The molecule has 168 valence electrons. The van der Waals surface area contributed by atoms with Crippen LogP contribution in [0.5, 0.6) is 0 Å². The van der Waals surface area contributed by atoms with Crippen molar-refractivity contribution in [2.45, 2.75) is 53.6 Å². The highest BCUT2D eigenvalue weighted by molar-refractivity contribution is 6.31. The number of nitrogens with one attached hydrogen (secondary N) is 1. The number of hydrogen-bond donors (Lipinski definition) is 1. The summed E-state index contributed by atoms with van der Waals surface area (Å²) in [6.45, 7) is 10.3. The number of rotatable bonds is 5. The first kappa shape index (κ1) is 23.5. The summed E-state index contributed by atoms with van der Waals surface area (Å²) in [6.07, 6.45) is 1.11. The van der Waals surface area contributed by atoms with E-state index in [1.807, 2.05) is 45.9 Å². The van der Waals surface area contributed by atoms with Crippen molar-refractivity contribution in [1.82, 2.24) is 19.8 Å². The predicted molar refractivity (Wildman–Crippen MR) is 124 cm³/mol. The number of aromatic nitrogens is 2. The third-order valence-electron chi connectivity index (χ3n) is 6.11. The fourth-order valence-electron chi connectivity index (χ4n) is 4.15. The van der Waals surface area contributed by atoms with Gasteiger partial charge in [-0.2, -0.15) is 0 Å². The zero-order chi connectivity index (χ0) is 22.9. The van der Waals surface area contributed by atoms with Crippen molar-refractivity contribution in [1.29, 1.82) is 0 Å². The van der Waals surface area contributed by atoms with Crippen molar-refractivity contribution in [3.05, 3.63) is 40.2 Å². The SMILES string of the molecule is CNC(=O)[C@@H](CC(=O)c1nc(-c2ccc(C)c(Cl)c2)n2c1CN(C)CCC2)C(C)(C)C. The second-order valence-corrected chi connectivity index (χ2v) is 10.0. The van der Waals surface area contributed by atoms with Crippen molar-refractivity contribution in [3.63, 3.8) is 0 Å². The van der Waals surface area contributed by atoms with Gasteiger partial charge in [0.15, 0.2) is 5.78 Å². The number of nitrogens with zero attached hydrogens (tertiary/aromatic N) is 3. The molecule has 1 aliphatic rings. The highest BCUT2D eigenvalue weighted by Gasteiger charge is 2.35. The van der Waals surface area contributed by atoms with Gasteiger partial charge in [-0.15, -0.1) is 0 Å². The molecule has 0 saturated heterocycles. The lowest BCUT2D eigenvalue weighted by atomic mass is 9.77. The van der Waals surface area contributed by atoms with E-state index in [1.165, 1.54) is 0 Å². The molecule has 0 bridgehead atoms. The molecule has 1 amide bonds. The van der Waals surface area contributed by atoms with E-state index in [-0.39, 0.29) is 23.5 Å². The van der Waals surface area contributed by atoms with Crippen LogP contribution in [0.3, 0.4) is 0 Å². The van der Waals surface area contributed by atoms with Crippen molar-refractivity contribution in [2.75, 3.05) is 20.6 Å². The molecule has 1 atom stereocenters. The lowest BCUT2D eigenvalue weighted by Crippen LogP contribution is -2.37. The first-order valence-corrected chi connectivity index (χ1v) is 11.2. The maximum absolute atomic E-state index is 13.5. The van der Waals surface area contributed by atoms with E-state index >= 15 is 0 Å². The molecule has 2 heterocycles. The van der Waals surface area contributed by atoms with Gasteiger partial charge in [-0.05, 0) is 44.0 Å². The number of imidazole rings is 1. The van der Waals surface area contributed by atoms with Crippen LogP contribution in [-0.2, 0) is 17.9 Å². The topological polar surface area (TPSA) is 67.2 Å². The number of halogens is 1. The van der Waals surface area contributed by atoms with E-state index in [2.05, 4.69) is 21.8 Å². The second kappa shape index (κ2) is 9.13. The van der Waals surface area contributed by atoms with Crippen molar-refractivity contribution in [3.8, 4) is 11.4 Å². The second-order valence-electron chi connectivity index (χ2n) is 9.60. The van der Waals surface area contributed by atoms with Crippen molar-refractivity contribution in [2.24, 2.45) is 11.3 Å². The molecular weight excluding hydrogens is 412 g/mol. The summed E-state index contributed by atoms with van der Waals surface area (Å²) in [5, 5.41) is 3.39. The maximum Gasteiger partial charge on any atom is 0.223 e. The number of hydrogen-bond acceptors (Lipinski definition) is 4. The summed E-state index contributed by atoms with van der Waals surface area (Å²) in [5.41, 5.74) is 2.96. The zero-order valence-corrected chi connectivity index (χ0v) is 20.1. The number of Topliss-reactive ketones (excluding diaryl/α,β-unsaturated/α-hetero) is 1.